The molecule has 0 aliphatic carbocycles. The molecule has 1 aliphatic rings. The van der Waals surface area contributed by atoms with E-state index in [1.807, 2.05) is 13.8 Å². The lowest BCUT2D eigenvalue weighted by Crippen LogP contribution is -2.35. The highest BCUT2D eigenvalue weighted by molar-refractivity contribution is 5.96. The number of nitrogen functional groups attached to an aromatic ring is 1. The van der Waals surface area contributed by atoms with Gasteiger partial charge in [-0.05, 0) is 31.4 Å². The van der Waals surface area contributed by atoms with Gasteiger partial charge in [0, 0.05) is 12.6 Å². The average Bonchev–Trinajstić information content (AvgIpc) is 2.63. The molecule has 2 N–H and O–H groups in total. The molecule has 5 heteroatoms. The number of rotatable bonds is 1. The van der Waals surface area contributed by atoms with Gasteiger partial charge in [0.2, 0.25) is 0 Å². The predicted octanol–water partition coefficient (Wildman–Crippen LogP) is 2.42. The second kappa shape index (κ2) is 4.55. The maximum Gasteiger partial charge on any atom is 0.260 e. The Balaban J connectivity index is 2.38. The van der Waals surface area contributed by atoms with Gasteiger partial charge in [-0.25, -0.2) is 8.78 Å². The number of carbonyl (C=O) groups is 1. The molecule has 2 atom stereocenters. The number of nitrogens with two attached hydrogens (primary N) is 1. The molecule has 1 fully saturated rings. The maximum atomic E-state index is 13.8. The van der Waals surface area contributed by atoms with E-state index in [0.717, 1.165) is 18.6 Å². The fourth-order valence-corrected chi connectivity index (χ4v) is 2.49. The zero-order valence-corrected chi connectivity index (χ0v) is 10.4. The van der Waals surface area contributed by atoms with E-state index >= 15 is 0 Å². The number of carbonyl (C=O) groups excluding carboxylic acids is 1. The number of hydrogen-bond donors (Lipinski definition) is 1. The molecule has 98 valence electrons. The van der Waals surface area contributed by atoms with Crippen LogP contribution in [0.15, 0.2) is 12.1 Å². The topological polar surface area (TPSA) is 46.3 Å². The van der Waals surface area contributed by atoms with E-state index in [0.29, 0.717) is 12.5 Å². The molecule has 0 radical (unpaired) electrons. The van der Waals surface area contributed by atoms with Crippen LogP contribution >= 0.6 is 0 Å². The van der Waals surface area contributed by atoms with Gasteiger partial charge >= 0.3 is 0 Å². The normalized spacial score (nSPS) is 23.4. The van der Waals surface area contributed by atoms with Crippen LogP contribution in [0.2, 0.25) is 0 Å². The summed E-state index contributed by atoms with van der Waals surface area (Å²) in [5, 5.41) is 0. The van der Waals surface area contributed by atoms with Crippen molar-refractivity contribution in [2.75, 3.05) is 12.3 Å². The highest BCUT2D eigenvalue weighted by atomic mass is 19.1. The summed E-state index contributed by atoms with van der Waals surface area (Å²) in [4.78, 5) is 13.7. The Kier molecular flexibility index (Phi) is 3.24. The largest absolute Gasteiger partial charge is 0.396 e. The Morgan fingerprint density at radius 2 is 2.06 bits per heavy atom. The van der Waals surface area contributed by atoms with Gasteiger partial charge in [-0.2, -0.15) is 0 Å². The summed E-state index contributed by atoms with van der Waals surface area (Å²) in [6, 6.07) is 2.14. The third-order valence-electron chi connectivity index (χ3n) is 3.38. The van der Waals surface area contributed by atoms with Crippen LogP contribution in [0.4, 0.5) is 14.5 Å². The predicted molar refractivity (Wildman–Crippen MR) is 65.0 cm³/mol. The summed E-state index contributed by atoms with van der Waals surface area (Å²) in [5.74, 6) is -2.10. The lowest BCUT2D eigenvalue weighted by Gasteiger charge is -2.22. The third-order valence-corrected chi connectivity index (χ3v) is 3.38. The fourth-order valence-electron chi connectivity index (χ4n) is 2.49. The van der Waals surface area contributed by atoms with Crippen LogP contribution < -0.4 is 5.73 Å². The van der Waals surface area contributed by atoms with Crippen LogP contribution in [0.1, 0.15) is 30.6 Å². The Morgan fingerprint density at radius 3 is 2.61 bits per heavy atom. The molecule has 3 nitrogen and oxygen atoms in total. The van der Waals surface area contributed by atoms with Gasteiger partial charge in [0.25, 0.3) is 5.91 Å². The number of anilines is 1. The van der Waals surface area contributed by atoms with E-state index < -0.39 is 23.1 Å². The summed E-state index contributed by atoms with van der Waals surface area (Å²) in [7, 11) is 0. The van der Waals surface area contributed by atoms with Gasteiger partial charge in [0.15, 0.2) is 5.82 Å². The Bertz CT molecular complexity index is 490. The minimum atomic E-state index is -0.966. The molecule has 1 aliphatic heterocycles. The smallest absolute Gasteiger partial charge is 0.260 e. The lowest BCUT2D eigenvalue weighted by atomic mass is 10.1. The van der Waals surface area contributed by atoms with E-state index in [2.05, 4.69) is 0 Å². The Hall–Kier alpha value is -1.65. The standard InChI is InChI=1S/C13H16F2N2O/c1-7-5-8(2)17(6-7)13(18)11-9(14)3-4-10(16)12(11)15/h3-4,7-8H,5-6,16H2,1-2H3. The number of amides is 1. The molecule has 1 saturated heterocycles. The second-order valence-corrected chi connectivity index (χ2v) is 4.97. The molecule has 2 unspecified atom stereocenters. The zero-order valence-electron chi connectivity index (χ0n) is 10.4. The molecule has 1 amide bonds. The van der Waals surface area contributed by atoms with Crippen molar-refractivity contribution >= 4 is 11.6 Å². The molecular weight excluding hydrogens is 238 g/mol. The van der Waals surface area contributed by atoms with Gasteiger partial charge < -0.3 is 10.6 Å². The first-order valence-corrected chi connectivity index (χ1v) is 5.96. The molecule has 0 aromatic heterocycles. The molecule has 0 spiro atoms. The Morgan fingerprint density at radius 1 is 1.39 bits per heavy atom. The fraction of sp³-hybridized carbons (Fsp3) is 0.462. The minimum absolute atomic E-state index is 0.00673. The van der Waals surface area contributed by atoms with Gasteiger partial charge in [0.05, 0.1) is 5.69 Å². The van der Waals surface area contributed by atoms with E-state index in [-0.39, 0.29) is 11.7 Å². The number of likely N-dealkylation sites (tertiary alicyclic amines) is 1. The first-order valence-electron chi connectivity index (χ1n) is 5.96. The van der Waals surface area contributed by atoms with Crippen LogP contribution in [0, 0.1) is 17.6 Å². The number of halogens is 2. The maximum absolute atomic E-state index is 13.8. The second-order valence-electron chi connectivity index (χ2n) is 4.97. The SMILES string of the molecule is CC1CC(C)N(C(=O)c2c(F)ccc(N)c2F)C1. The van der Waals surface area contributed by atoms with Gasteiger partial charge in [0.1, 0.15) is 11.4 Å². The van der Waals surface area contributed by atoms with Crippen LogP contribution in [-0.4, -0.2) is 23.4 Å². The highest BCUT2D eigenvalue weighted by Gasteiger charge is 2.33. The van der Waals surface area contributed by atoms with Gasteiger partial charge in [-0.3, -0.25) is 4.79 Å². The quantitative estimate of drug-likeness (QED) is 0.782. The van der Waals surface area contributed by atoms with Crippen molar-refractivity contribution in [1.82, 2.24) is 4.90 Å². The lowest BCUT2D eigenvalue weighted by molar-refractivity contribution is 0.0734. The Labute approximate surface area is 105 Å². The van der Waals surface area contributed by atoms with Crippen LogP contribution in [-0.2, 0) is 0 Å². The minimum Gasteiger partial charge on any atom is -0.396 e. The van der Waals surface area contributed by atoms with Crippen molar-refractivity contribution in [2.24, 2.45) is 5.92 Å². The van der Waals surface area contributed by atoms with Crippen molar-refractivity contribution in [2.45, 2.75) is 26.3 Å². The molecule has 0 saturated carbocycles. The van der Waals surface area contributed by atoms with Gasteiger partial charge in [-0.15, -0.1) is 0 Å². The number of benzene rings is 1. The molecule has 1 aromatic rings. The van der Waals surface area contributed by atoms with Crippen LogP contribution in [0.25, 0.3) is 0 Å². The molecule has 1 aromatic carbocycles. The highest BCUT2D eigenvalue weighted by Crippen LogP contribution is 2.27. The molecule has 0 bridgehead atoms. The number of hydrogen-bond acceptors (Lipinski definition) is 2. The van der Waals surface area contributed by atoms with Crippen LogP contribution in [0.5, 0.6) is 0 Å². The van der Waals surface area contributed by atoms with E-state index in [4.69, 9.17) is 5.73 Å². The van der Waals surface area contributed by atoms with E-state index in [9.17, 15) is 13.6 Å². The summed E-state index contributed by atoms with van der Waals surface area (Å²) in [6.07, 6.45) is 0.845. The summed E-state index contributed by atoms with van der Waals surface area (Å²) >= 11 is 0. The zero-order chi connectivity index (χ0) is 13.4. The summed E-state index contributed by atoms with van der Waals surface area (Å²) in [6.45, 7) is 4.41. The van der Waals surface area contributed by atoms with Crippen LogP contribution in [0.3, 0.4) is 0 Å². The van der Waals surface area contributed by atoms with Crippen molar-refractivity contribution < 1.29 is 13.6 Å². The monoisotopic (exact) mass is 254 g/mol. The van der Waals surface area contributed by atoms with Crippen molar-refractivity contribution in [3.63, 3.8) is 0 Å². The first kappa shape index (κ1) is 12.8. The average molecular weight is 254 g/mol. The van der Waals surface area contributed by atoms with Crippen molar-refractivity contribution in [1.29, 1.82) is 0 Å². The van der Waals surface area contributed by atoms with Crippen molar-refractivity contribution in [3.05, 3.63) is 29.3 Å². The third kappa shape index (κ3) is 2.05. The molecular formula is C13H16F2N2O. The summed E-state index contributed by atoms with van der Waals surface area (Å²) < 4.78 is 27.4. The van der Waals surface area contributed by atoms with E-state index in [1.165, 1.54) is 4.90 Å². The first-order chi connectivity index (χ1) is 8.41. The molecule has 18 heavy (non-hydrogen) atoms. The van der Waals surface area contributed by atoms with Gasteiger partial charge in [-0.1, -0.05) is 6.92 Å². The summed E-state index contributed by atoms with van der Waals surface area (Å²) in [5.41, 5.74) is 4.62. The molecule has 2 rings (SSSR count). The number of nitrogens with zero attached hydrogens (tertiary/aromatic N) is 1. The molecule has 1 heterocycles. The van der Waals surface area contributed by atoms with E-state index in [1.54, 1.807) is 0 Å². The van der Waals surface area contributed by atoms with Crippen molar-refractivity contribution in [3.8, 4) is 0 Å².